The number of aryl methyl sites for hydroxylation is 2. The molecule has 2 heterocycles. The van der Waals surface area contributed by atoms with Gasteiger partial charge in [-0.15, -0.1) is 0 Å². The highest BCUT2D eigenvalue weighted by Gasteiger charge is 2.30. The van der Waals surface area contributed by atoms with E-state index in [4.69, 9.17) is 0 Å². The second-order valence-corrected chi connectivity index (χ2v) is 8.78. The Kier molecular flexibility index (Phi) is 6.28. The molecule has 2 aliphatic rings. The summed E-state index contributed by atoms with van der Waals surface area (Å²) < 4.78 is 0. The molecule has 1 saturated heterocycles. The molecule has 0 spiro atoms. The third kappa shape index (κ3) is 4.74. The molecule has 2 aromatic rings. The fourth-order valence-corrected chi connectivity index (χ4v) is 4.67. The van der Waals surface area contributed by atoms with Crippen LogP contribution >= 0.6 is 0 Å². The van der Waals surface area contributed by atoms with Gasteiger partial charge in [0.1, 0.15) is 0 Å². The van der Waals surface area contributed by atoms with E-state index in [1.165, 1.54) is 11.3 Å². The van der Waals surface area contributed by atoms with Crippen molar-refractivity contribution < 1.29 is 9.59 Å². The van der Waals surface area contributed by atoms with Crippen LogP contribution < -0.4 is 10.2 Å². The van der Waals surface area contributed by atoms with Crippen molar-refractivity contribution in [1.82, 2.24) is 9.80 Å². The molecule has 2 amide bonds. The van der Waals surface area contributed by atoms with Gasteiger partial charge in [0.25, 0.3) is 0 Å². The van der Waals surface area contributed by atoms with Crippen LogP contribution in [0.25, 0.3) is 0 Å². The van der Waals surface area contributed by atoms with Crippen molar-refractivity contribution >= 4 is 23.2 Å². The summed E-state index contributed by atoms with van der Waals surface area (Å²) in [5.74, 6) is 0.169. The minimum absolute atomic E-state index is 0.000301. The van der Waals surface area contributed by atoms with Gasteiger partial charge in [-0.2, -0.15) is 0 Å². The summed E-state index contributed by atoms with van der Waals surface area (Å²) in [5, 5.41) is 3.05. The Labute approximate surface area is 184 Å². The zero-order valence-electron chi connectivity index (χ0n) is 18.7. The average Bonchev–Trinajstić information content (AvgIpc) is 3.06. The fraction of sp³-hybridized carbons (Fsp3) is 0.440. The number of fused-ring (bicyclic) bond motifs is 1. The lowest BCUT2D eigenvalue weighted by Crippen LogP contribution is -2.53. The Morgan fingerprint density at radius 1 is 0.935 bits per heavy atom. The second-order valence-electron chi connectivity index (χ2n) is 8.78. The molecule has 0 radical (unpaired) electrons. The van der Waals surface area contributed by atoms with E-state index in [-0.39, 0.29) is 11.8 Å². The highest BCUT2D eigenvalue weighted by Crippen LogP contribution is 2.31. The van der Waals surface area contributed by atoms with Crippen LogP contribution in [0.3, 0.4) is 0 Å². The van der Waals surface area contributed by atoms with Crippen molar-refractivity contribution in [3.63, 3.8) is 0 Å². The van der Waals surface area contributed by atoms with Crippen LogP contribution in [-0.2, 0) is 16.0 Å². The second kappa shape index (κ2) is 9.10. The van der Waals surface area contributed by atoms with Gasteiger partial charge >= 0.3 is 0 Å². The van der Waals surface area contributed by atoms with Crippen molar-refractivity contribution in [1.29, 1.82) is 0 Å². The predicted molar refractivity (Wildman–Crippen MR) is 125 cm³/mol. The van der Waals surface area contributed by atoms with Gasteiger partial charge in [-0.05, 0) is 49.9 Å². The Morgan fingerprint density at radius 3 is 2.32 bits per heavy atom. The summed E-state index contributed by atoms with van der Waals surface area (Å²) in [6, 6.07) is 14.7. The van der Waals surface area contributed by atoms with Gasteiger partial charge in [0.2, 0.25) is 11.8 Å². The molecule has 1 N–H and O–H groups in total. The number of rotatable bonds is 5. The smallest absolute Gasteiger partial charge is 0.242 e. The number of carbonyl (C=O) groups excluding carboxylic acids is 2. The van der Waals surface area contributed by atoms with E-state index in [2.05, 4.69) is 40.2 Å². The number of carbonyl (C=O) groups is 2. The summed E-state index contributed by atoms with van der Waals surface area (Å²) in [6.07, 6.45) is 0.993. The first-order chi connectivity index (χ1) is 14.9. The number of nitrogens with zero attached hydrogens (tertiary/aromatic N) is 3. The number of piperazine rings is 1. The number of amides is 2. The molecular formula is C25H32N4O2. The number of para-hydroxylation sites is 2. The standard InChI is InChI=1S/C25H32N4O2/c1-18-7-6-8-19(2)25(18)26-23(30)16-27-11-13-28(14-12-27)24(31)17-29-20(3)15-21-9-4-5-10-22(21)29/h4-10,20H,11-17H2,1-3H3,(H,26,30)/t20-/m0/s1. The third-order valence-electron chi connectivity index (χ3n) is 6.49. The van der Waals surface area contributed by atoms with E-state index in [0.717, 1.165) is 36.3 Å². The summed E-state index contributed by atoms with van der Waals surface area (Å²) >= 11 is 0. The topological polar surface area (TPSA) is 55.9 Å². The normalized spacial score (nSPS) is 18.7. The Hall–Kier alpha value is -2.86. The zero-order chi connectivity index (χ0) is 22.0. The van der Waals surface area contributed by atoms with Crippen LogP contribution in [0.5, 0.6) is 0 Å². The first kappa shape index (κ1) is 21.4. The van der Waals surface area contributed by atoms with Gasteiger partial charge in [-0.3, -0.25) is 14.5 Å². The van der Waals surface area contributed by atoms with E-state index < -0.39 is 0 Å². The molecule has 0 unspecified atom stereocenters. The lowest BCUT2D eigenvalue weighted by atomic mass is 10.1. The highest BCUT2D eigenvalue weighted by molar-refractivity contribution is 5.93. The SMILES string of the molecule is Cc1cccc(C)c1NC(=O)CN1CCN(C(=O)CN2c3ccccc3C[C@@H]2C)CC1. The van der Waals surface area contributed by atoms with Gasteiger partial charge in [0.15, 0.2) is 0 Å². The molecule has 6 heteroatoms. The van der Waals surface area contributed by atoms with E-state index >= 15 is 0 Å². The first-order valence-electron chi connectivity index (χ1n) is 11.1. The molecule has 0 aromatic heterocycles. The lowest BCUT2D eigenvalue weighted by Gasteiger charge is -2.36. The van der Waals surface area contributed by atoms with Crippen LogP contribution in [0.2, 0.25) is 0 Å². The zero-order valence-corrected chi connectivity index (χ0v) is 18.7. The van der Waals surface area contributed by atoms with Crippen molar-refractivity contribution in [2.75, 3.05) is 49.5 Å². The summed E-state index contributed by atoms with van der Waals surface area (Å²) in [7, 11) is 0. The Morgan fingerprint density at radius 2 is 1.61 bits per heavy atom. The molecule has 2 aromatic carbocycles. The number of nitrogens with one attached hydrogen (secondary N) is 1. The molecule has 1 fully saturated rings. The summed E-state index contributed by atoms with van der Waals surface area (Å²) in [5.41, 5.74) is 5.55. The molecular weight excluding hydrogens is 388 g/mol. The summed E-state index contributed by atoms with van der Waals surface area (Å²) in [6.45, 7) is 9.74. The molecule has 0 bridgehead atoms. The summed E-state index contributed by atoms with van der Waals surface area (Å²) in [4.78, 5) is 31.8. The molecule has 0 aliphatic carbocycles. The molecule has 2 aliphatic heterocycles. The molecule has 6 nitrogen and oxygen atoms in total. The van der Waals surface area contributed by atoms with Gasteiger partial charge in [-0.25, -0.2) is 0 Å². The largest absolute Gasteiger partial charge is 0.359 e. The fourth-order valence-electron chi connectivity index (χ4n) is 4.67. The van der Waals surface area contributed by atoms with E-state index in [9.17, 15) is 9.59 Å². The van der Waals surface area contributed by atoms with Crippen LogP contribution in [0.4, 0.5) is 11.4 Å². The average molecular weight is 421 g/mol. The van der Waals surface area contributed by atoms with Crippen LogP contribution in [0.15, 0.2) is 42.5 Å². The maximum absolute atomic E-state index is 12.9. The number of hydrogen-bond donors (Lipinski definition) is 1. The van der Waals surface area contributed by atoms with Crippen LogP contribution in [0, 0.1) is 13.8 Å². The monoisotopic (exact) mass is 420 g/mol. The maximum atomic E-state index is 12.9. The molecule has 31 heavy (non-hydrogen) atoms. The van der Waals surface area contributed by atoms with Crippen molar-refractivity contribution in [2.45, 2.75) is 33.2 Å². The first-order valence-corrected chi connectivity index (χ1v) is 11.1. The van der Waals surface area contributed by atoms with Gasteiger partial charge in [0, 0.05) is 43.6 Å². The van der Waals surface area contributed by atoms with Crippen molar-refractivity contribution in [3.05, 3.63) is 59.2 Å². The van der Waals surface area contributed by atoms with E-state index in [1.807, 2.05) is 43.0 Å². The van der Waals surface area contributed by atoms with Crippen molar-refractivity contribution in [2.24, 2.45) is 0 Å². The van der Waals surface area contributed by atoms with Crippen LogP contribution in [0.1, 0.15) is 23.6 Å². The van der Waals surface area contributed by atoms with Gasteiger partial charge < -0.3 is 15.1 Å². The predicted octanol–water partition coefficient (Wildman–Crippen LogP) is 2.84. The number of anilines is 2. The molecule has 164 valence electrons. The van der Waals surface area contributed by atoms with E-state index in [0.29, 0.717) is 32.2 Å². The highest BCUT2D eigenvalue weighted by atomic mass is 16.2. The Balaban J connectivity index is 1.27. The van der Waals surface area contributed by atoms with Crippen LogP contribution in [-0.4, -0.2) is 66.9 Å². The molecule has 1 atom stereocenters. The number of hydrogen-bond acceptors (Lipinski definition) is 4. The van der Waals surface area contributed by atoms with Gasteiger partial charge in [-0.1, -0.05) is 36.4 Å². The maximum Gasteiger partial charge on any atom is 0.242 e. The quantitative estimate of drug-likeness (QED) is 0.808. The van der Waals surface area contributed by atoms with E-state index in [1.54, 1.807) is 0 Å². The third-order valence-corrected chi connectivity index (χ3v) is 6.49. The molecule has 4 rings (SSSR count). The number of benzene rings is 2. The lowest BCUT2D eigenvalue weighted by molar-refractivity contribution is -0.131. The Bertz CT molecular complexity index is 945. The molecule has 0 saturated carbocycles. The minimum Gasteiger partial charge on any atom is -0.359 e. The van der Waals surface area contributed by atoms with Crippen molar-refractivity contribution in [3.8, 4) is 0 Å². The van der Waals surface area contributed by atoms with Gasteiger partial charge in [0.05, 0.1) is 13.1 Å². The minimum atomic E-state index is -0.000301.